The van der Waals surface area contributed by atoms with Gasteiger partial charge in [0.15, 0.2) is 0 Å². The first-order valence-electron chi connectivity index (χ1n) is 8.71. The van der Waals surface area contributed by atoms with E-state index in [4.69, 9.17) is 0 Å². The highest BCUT2D eigenvalue weighted by Crippen LogP contribution is 2.21. The van der Waals surface area contributed by atoms with Crippen LogP contribution in [0.4, 0.5) is 0 Å². The second kappa shape index (κ2) is 6.89. The second-order valence-electron chi connectivity index (χ2n) is 6.42. The molecule has 1 N–H and O–H groups in total. The molecule has 0 radical (unpaired) electrons. The molecule has 0 aliphatic heterocycles. The molecule has 0 atom stereocenters. The van der Waals surface area contributed by atoms with E-state index < -0.39 is 0 Å². The van der Waals surface area contributed by atoms with Gasteiger partial charge in [-0.1, -0.05) is 66.7 Å². The molecule has 0 saturated heterocycles. The molecule has 4 rings (SSSR count). The molecule has 1 amide bonds. The number of hydrazone groups is 1. The van der Waals surface area contributed by atoms with Crippen LogP contribution in [0.3, 0.4) is 0 Å². The van der Waals surface area contributed by atoms with Crippen molar-refractivity contribution in [2.75, 3.05) is 0 Å². The summed E-state index contributed by atoms with van der Waals surface area (Å²) < 4.78 is 0. The highest BCUT2D eigenvalue weighted by atomic mass is 16.2. The lowest BCUT2D eigenvalue weighted by molar-refractivity contribution is -0.120. The van der Waals surface area contributed by atoms with Crippen LogP contribution in [-0.2, 0) is 17.6 Å². The van der Waals surface area contributed by atoms with Crippen molar-refractivity contribution in [1.82, 2.24) is 5.43 Å². The number of fused-ring (bicyclic) bond motifs is 2. The van der Waals surface area contributed by atoms with E-state index in [1.807, 2.05) is 30.3 Å². The average molecular weight is 328 g/mol. The number of benzene rings is 3. The topological polar surface area (TPSA) is 41.5 Å². The van der Waals surface area contributed by atoms with Crippen LogP contribution in [0.2, 0.25) is 0 Å². The summed E-state index contributed by atoms with van der Waals surface area (Å²) in [6.07, 6.45) is 3.40. The van der Waals surface area contributed by atoms with Crippen LogP contribution >= 0.6 is 0 Å². The summed E-state index contributed by atoms with van der Waals surface area (Å²) in [5, 5.41) is 6.69. The Kier molecular flexibility index (Phi) is 4.30. The number of amides is 1. The van der Waals surface area contributed by atoms with E-state index in [0.717, 1.165) is 41.3 Å². The number of carbonyl (C=O) groups is 1. The van der Waals surface area contributed by atoms with Gasteiger partial charge < -0.3 is 0 Å². The van der Waals surface area contributed by atoms with E-state index in [9.17, 15) is 4.79 Å². The smallest absolute Gasteiger partial charge is 0.244 e. The third kappa shape index (κ3) is 3.31. The van der Waals surface area contributed by atoms with Crippen molar-refractivity contribution in [3.63, 3.8) is 0 Å². The lowest BCUT2D eigenvalue weighted by Crippen LogP contribution is -2.23. The first-order valence-corrected chi connectivity index (χ1v) is 8.71. The predicted octanol–water partition coefficient (Wildman–Crippen LogP) is 4.24. The molecule has 0 aromatic heterocycles. The molecule has 3 heteroatoms. The lowest BCUT2D eigenvalue weighted by Gasteiger charge is -2.17. The van der Waals surface area contributed by atoms with Crippen molar-refractivity contribution in [3.8, 4) is 0 Å². The third-order valence-corrected chi connectivity index (χ3v) is 4.73. The van der Waals surface area contributed by atoms with Crippen molar-refractivity contribution in [1.29, 1.82) is 0 Å². The number of hydrogen-bond acceptors (Lipinski definition) is 2. The zero-order chi connectivity index (χ0) is 17.1. The van der Waals surface area contributed by atoms with E-state index in [1.165, 1.54) is 11.1 Å². The maximum Gasteiger partial charge on any atom is 0.244 e. The van der Waals surface area contributed by atoms with Gasteiger partial charge in [-0.25, -0.2) is 5.43 Å². The molecule has 1 aliphatic rings. The molecular formula is C22H20N2O. The van der Waals surface area contributed by atoms with Crippen molar-refractivity contribution in [3.05, 3.63) is 83.4 Å². The van der Waals surface area contributed by atoms with Crippen molar-refractivity contribution < 1.29 is 4.79 Å². The molecule has 3 aromatic rings. The highest BCUT2D eigenvalue weighted by molar-refractivity contribution is 6.03. The van der Waals surface area contributed by atoms with Gasteiger partial charge in [0.1, 0.15) is 0 Å². The fourth-order valence-electron chi connectivity index (χ4n) is 3.51. The quantitative estimate of drug-likeness (QED) is 0.718. The average Bonchev–Trinajstić information content (AvgIpc) is 2.66. The molecule has 0 saturated carbocycles. The number of aryl methyl sites for hydroxylation is 1. The van der Waals surface area contributed by atoms with Crippen LogP contribution in [0.25, 0.3) is 10.8 Å². The van der Waals surface area contributed by atoms with Crippen molar-refractivity contribution in [2.45, 2.75) is 25.7 Å². The van der Waals surface area contributed by atoms with Crippen LogP contribution in [0.1, 0.15) is 29.5 Å². The highest BCUT2D eigenvalue weighted by Gasteiger charge is 2.15. The summed E-state index contributed by atoms with van der Waals surface area (Å²) in [6, 6.07) is 22.5. The van der Waals surface area contributed by atoms with Crippen LogP contribution < -0.4 is 5.43 Å². The maximum absolute atomic E-state index is 12.4. The number of nitrogens with zero attached hydrogens (tertiary/aromatic N) is 1. The Morgan fingerprint density at radius 3 is 2.68 bits per heavy atom. The van der Waals surface area contributed by atoms with E-state index in [1.54, 1.807) is 0 Å². The van der Waals surface area contributed by atoms with E-state index >= 15 is 0 Å². The van der Waals surface area contributed by atoms with Gasteiger partial charge in [-0.15, -0.1) is 0 Å². The third-order valence-electron chi connectivity index (χ3n) is 4.73. The van der Waals surface area contributed by atoms with E-state index in [0.29, 0.717) is 6.42 Å². The van der Waals surface area contributed by atoms with Crippen LogP contribution in [-0.4, -0.2) is 11.6 Å². The molecule has 124 valence electrons. The molecule has 0 bridgehead atoms. The monoisotopic (exact) mass is 328 g/mol. The number of carbonyl (C=O) groups excluding carboxylic acids is 1. The molecule has 0 unspecified atom stereocenters. The fraction of sp³-hybridized carbons (Fsp3) is 0.182. The molecule has 25 heavy (non-hydrogen) atoms. The Morgan fingerprint density at radius 2 is 1.72 bits per heavy atom. The number of rotatable bonds is 3. The Morgan fingerprint density at radius 1 is 0.920 bits per heavy atom. The number of nitrogens with one attached hydrogen (secondary N) is 1. The zero-order valence-corrected chi connectivity index (χ0v) is 14.0. The predicted molar refractivity (Wildman–Crippen MR) is 102 cm³/mol. The Labute approximate surface area is 147 Å². The molecular weight excluding hydrogens is 308 g/mol. The normalized spacial score (nSPS) is 15.1. The minimum absolute atomic E-state index is 0.0769. The van der Waals surface area contributed by atoms with Gasteiger partial charge in [0.25, 0.3) is 0 Å². The summed E-state index contributed by atoms with van der Waals surface area (Å²) in [7, 11) is 0. The molecule has 0 heterocycles. The Bertz CT molecular complexity index is 954. The first-order chi connectivity index (χ1) is 12.3. The van der Waals surface area contributed by atoms with Crippen LogP contribution in [0, 0.1) is 0 Å². The second-order valence-corrected chi connectivity index (χ2v) is 6.42. The van der Waals surface area contributed by atoms with Gasteiger partial charge in [-0.3, -0.25) is 4.79 Å². The van der Waals surface area contributed by atoms with E-state index in [-0.39, 0.29) is 5.91 Å². The minimum atomic E-state index is -0.0769. The maximum atomic E-state index is 12.4. The summed E-state index contributed by atoms with van der Waals surface area (Å²) in [5.74, 6) is -0.0769. The van der Waals surface area contributed by atoms with E-state index in [2.05, 4.69) is 46.9 Å². The lowest BCUT2D eigenvalue weighted by atomic mass is 9.90. The van der Waals surface area contributed by atoms with Gasteiger partial charge in [0.05, 0.1) is 12.1 Å². The van der Waals surface area contributed by atoms with Crippen molar-refractivity contribution >= 4 is 22.4 Å². The van der Waals surface area contributed by atoms with Crippen LogP contribution in [0.15, 0.2) is 71.8 Å². The van der Waals surface area contributed by atoms with Gasteiger partial charge in [0.2, 0.25) is 5.91 Å². The summed E-state index contributed by atoms with van der Waals surface area (Å²) in [6.45, 7) is 0. The molecule has 0 fully saturated rings. The van der Waals surface area contributed by atoms with Crippen LogP contribution in [0.5, 0.6) is 0 Å². The summed E-state index contributed by atoms with van der Waals surface area (Å²) >= 11 is 0. The molecule has 1 aliphatic carbocycles. The summed E-state index contributed by atoms with van der Waals surface area (Å²) in [5.41, 5.74) is 7.24. The fourth-order valence-corrected chi connectivity index (χ4v) is 3.51. The minimum Gasteiger partial charge on any atom is -0.273 e. The van der Waals surface area contributed by atoms with Gasteiger partial charge in [0, 0.05) is 5.56 Å². The zero-order valence-electron chi connectivity index (χ0n) is 14.0. The van der Waals surface area contributed by atoms with Gasteiger partial charge in [-0.2, -0.15) is 5.10 Å². The largest absolute Gasteiger partial charge is 0.273 e. The first kappa shape index (κ1) is 15.6. The SMILES string of the molecule is O=C(Cc1cccc2ccccc12)NN=C1CCCc2ccccc21. The Balaban J connectivity index is 1.52. The van der Waals surface area contributed by atoms with Gasteiger partial charge >= 0.3 is 0 Å². The molecule has 3 nitrogen and oxygen atoms in total. The molecule has 3 aromatic carbocycles. The van der Waals surface area contributed by atoms with Gasteiger partial charge in [-0.05, 0) is 41.2 Å². The molecule has 0 spiro atoms. The van der Waals surface area contributed by atoms with Crippen molar-refractivity contribution in [2.24, 2.45) is 5.10 Å². The summed E-state index contributed by atoms with van der Waals surface area (Å²) in [4.78, 5) is 12.4. The number of hydrogen-bond donors (Lipinski definition) is 1. The standard InChI is InChI=1S/C22H20N2O/c25-22(15-18-11-5-9-16-7-1-3-12-19(16)18)24-23-21-14-6-10-17-8-2-4-13-20(17)21/h1-5,7-9,11-13H,6,10,14-15H2,(H,24,25). The Hall–Kier alpha value is -2.94.